The monoisotopic (exact) mass is 356 g/mol. The van der Waals surface area contributed by atoms with Gasteiger partial charge in [0.05, 0.1) is 18.9 Å². The Kier molecular flexibility index (Phi) is 5.71. The number of hydrogen-bond donors (Lipinski definition) is 1. The second-order valence-corrected chi connectivity index (χ2v) is 6.68. The smallest absolute Gasteiger partial charge is 0.233 e. The van der Waals surface area contributed by atoms with Gasteiger partial charge in [-0.05, 0) is 37.0 Å². The number of carbonyl (C=O) groups excluding carboxylic acids is 3. The number of ether oxygens (including phenoxy) is 1. The van der Waals surface area contributed by atoms with Crippen molar-refractivity contribution in [1.29, 1.82) is 0 Å². The number of likely N-dealkylation sites (tertiary alicyclic amines) is 1. The lowest BCUT2D eigenvalue weighted by Crippen LogP contribution is -2.35. The molecule has 0 spiro atoms. The average molecular weight is 356 g/mol. The van der Waals surface area contributed by atoms with E-state index >= 15 is 0 Å². The van der Waals surface area contributed by atoms with Gasteiger partial charge in [0, 0.05) is 19.5 Å². The van der Waals surface area contributed by atoms with Crippen molar-refractivity contribution in [2.75, 3.05) is 20.2 Å². The number of nitrogens with zero attached hydrogens (tertiary/aromatic N) is 1. The van der Waals surface area contributed by atoms with E-state index < -0.39 is 0 Å². The van der Waals surface area contributed by atoms with E-state index in [0.29, 0.717) is 25.8 Å². The predicted octanol–water partition coefficient (Wildman–Crippen LogP) is 1.70. The first-order valence-corrected chi connectivity index (χ1v) is 9.00. The van der Waals surface area contributed by atoms with Crippen LogP contribution in [0.15, 0.2) is 36.4 Å². The summed E-state index contributed by atoms with van der Waals surface area (Å²) in [5.74, 6) is -0.0670. The van der Waals surface area contributed by atoms with E-state index in [-0.39, 0.29) is 42.5 Å². The van der Waals surface area contributed by atoms with E-state index in [2.05, 4.69) is 5.32 Å². The summed E-state index contributed by atoms with van der Waals surface area (Å²) in [5.41, 5.74) is 1.10. The van der Waals surface area contributed by atoms with E-state index in [4.69, 9.17) is 4.74 Å². The van der Waals surface area contributed by atoms with Crippen LogP contribution in [-0.2, 0) is 20.8 Å². The number of carbonyl (C=O) groups is 3. The van der Waals surface area contributed by atoms with Crippen LogP contribution in [-0.4, -0.2) is 42.8 Å². The van der Waals surface area contributed by atoms with Crippen LogP contribution >= 0.6 is 0 Å². The van der Waals surface area contributed by atoms with Crippen LogP contribution in [0.5, 0.6) is 5.75 Å². The summed E-state index contributed by atoms with van der Waals surface area (Å²) in [7, 11) is 1.62. The summed E-state index contributed by atoms with van der Waals surface area (Å²) in [4.78, 5) is 38.0. The molecule has 0 unspecified atom stereocenters. The molecule has 6 nitrogen and oxygen atoms in total. The van der Waals surface area contributed by atoms with E-state index in [0.717, 1.165) is 11.3 Å². The summed E-state index contributed by atoms with van der Waals surface area (Å²) in [6.07, 6.45) is 6.03. The molecule has 1 heterocycles. The molecule has 0 radical (unpaired) electrons. The van der Waals surface area contributed by atoms with Gasteiger partial charge in [0.15, 0.2) is 0 Å². The first-order chi connectivity index (χ1) is 12.6. The van der Waals surface area contributed by atoms with Gasteiger partial charge in [0.2, 0.25) is 17.7 Å². The normalized spacial score (nSPS) is 21.7. The zero-order valence-electron chi connectivity index (χ0n) is 14.9. The van der Waals surface area contributed by atoms with Crippen molar-refractivity contribution in [1.82, 2.24) is 10.2 Å². The molecule has 0 saturated carbocycles. The fraction of sp³-hybridized carbons (Fsp3) is 0.450. The molecule has 1 saturated heterocycles. The summed E-state index contributed by atoms with van der Waals surface area (Å²) >= 11 is 0. The predicted molar refractivity (Wildman–Crippen MR) is 96.4 cm³/mol. The van der Waals surface area contributed by atoms with Crippen LogP contribution in [0.3, 0.4) is 0 Å². The molecule has 1 aromatic carbocycles. The Bertz CT molecular complexity index is 685. The highest BCUT2D eigenvalue weighted by molar-refractivity contribution is 6.05. The molecule has 6 heteroatoms. The van der Waals surface area contributed by atoms with Gasteiger partial charge >= 0.3 is 0 Å². The highest BCUT2D eigenvalue weighted by Gasteiger charge is 2.46. The van der Waals surface area contributed by atoms with Gasteiger partial charge in [-0.1, -0.05) is 24.3 Å². The van der Waals surface area contributed by atoms with Crippen LogP contribution in [0.1, 0.15) is 24.8 Å². The Labute approximate surface area is 153 Å². The van der Waals surface area contributed by atoms with E-state index in [1.807, 2.05) is 36.4 Å². The summed E-state index contributed by atoms with van der Waals surface area (Å²) in [5, 5.41) is 2.84. The van der Waals surface area contributed by atoms with Crippen LogP contribution in [0.4, 0.5) is 0 Å². The topological polar surface area (TPSA) is 75.7 Å². The van der Waals surface area contributed by atoms with Gasteiger partial charge < -0.3 is 10.1 Å². The lowest BCUT2D eigenvalue weighted by Gasteiger charge is -2.14. The van der Waals surface area contributed by atoms with Crippen molar-refractivity contribution in [2.45, 2.75) is 25.7 Å². The van der Waals surface area contributed by atoms with Crippen molar-refractivity contribution < 1.29 is 19.1 Å². The second-order valence-electron chi connectivity index (χ2n) is 6.68. The summed E-state index contributed by atoms with van der Waals surface area (Å²) in [6.45, 7) is 0.682. The quantitative estimate of drug-likeness (QED) is 0.596. The summed E-state index contributed by atoms with van der Waals surface area (Å²) < 4.78 is 5.11. The third-order valence-corrected chi connectivity index (χ3v) is 5.06. The molecule has 0 bridgehead atoms. The van der Waals surface area contributed by atoms with Crippen molar-refractivity contribution in [3.63, 3.8) is 0 Å². The zero-order chi connectivity index (χ0) is 18.5. The Balaban J connectivity index is 1.41. The van der Waals surface area contributed by atoms with Crippen LogP contribution in [0, 0.1) is 11.8 Å². The molecule has 1 aliphatic carbocycles. The zero-order valence-corrected chi connectivity index (χ0v) is 14.9. The van der Waals surface area contributed by atoms with Crippen molar-refractivity contribution >= 4 is 17.7 Å². The van der Waals surface area contributed by atoms with Crippen LogP contribution in [0.2, 0.25) is 0 Å². The van der Waals surface area contributed by atoms with Gasteiger partial charge in [-0.25, -0.2) is 0 Å². The maximum absolute atomic E-state index is 12.3. The third-order valence-electron chi connectivity index (χ3n) is 5.06. The van der Waals surface area contributed by atoms with Crippen LogP contribution < -0.4 is 10.1 Å². The highest BCUT2D eigenvalue weighted by Crippen LogP contribution is 2.34. The molecule has 1 aromatic rings. The highest BCUT2D eigenvalue weighted by atomic mass is 16.5. The number of methoxy groups -OCH3 is 1. The standard InChI is InChI=1S/C20H24N2O4/c1-26-15-8-6-14(7-9-15)10-12-21-18(23)11-13-22-19(24)16-4-2-3-5-17(16)20(22)25/h2-3,6-9,16-17H,4-5,10-13H2,1H3,(H,21,23)/t16-,17-/m1/s1. The lowest BCUT2D eigenvalue weighted by molar-refractivity contribution is -0.140. The summed E-state index contributed by atoms with van der Waals surface area (Å²) in [6, 6.07) is 7.69. The fourth-order valence-electron chi connectivity index (χ4n) is 3.53. The van der Waals surface area contributed by atoms with Gasteiger partial charge in [0.25, 0.3) is 0 Å². The first-order valence-electron chi connectivity index (χ1n) is 9.00. The second kappa shape index (κ2) is 8.17. The number of amides is 3. The lowest BCUT2D eigenvalue weighted by atomic mass is 9.85. The Morgan fingerprint density at radius 3 is 2.31 bits per heavy atom. The minimum absolute atomic E-state index is 0.129. The Hall–Kier alpha value is -2.63. The molecule has 1 N–H and O–H groups in total. The largest absolute Gasteiger partial charge is 0.497 e. The number of benzene rings is 1. The molecule has 138 valence electrons. The third kappa shape index (κ3) is 3.95. The molecular weight excluding hydrogens is 332 g/mol. The first kappa shape index (κ1) is 18.2. The van der Waals surface area contributed by atoms with E-state index in [1.54, 1.807) is 7.11 Å². The maximum Gasteiger partial charge on any atom is 0.233 e. The number of imide groups is 1. The maximum atomic E-state index is 12.3. The molecule has 2 aliphatic rings. The molecule has 26 heavy (non-hydrogen) atoms. The number of allylic oxidation sites excluding steroid dienone is 2. The molecular formula is C20H24N2O4. The van der Waals surface area contributed by atoms with Crippen molar-refractivity contribution in [3.8, 4) is 5.75 Å². The number of rotatable bonds is 7. The van der Waals surface area contributed by atoms with Crippen molar-refractivity contribution in [2.24, 2.45) is 11.8 Å². The number of fused-ring (bicyclic) bond motifs is 1. The van der Waals surface area contributed by atoms with Crippen LogP contribution in [0.25, 0.3) is 0 Å². The van der Waals surface area contributed by atoms with E-state index in [9.17, 15) is 14.4 Å². The minimum atomic E-state index is -0.231. The molecule has 1 aliphatic heterocycles. The fourth-order valence-corrected chi connectivity index (χ4v) is 3.53. The Morgan fingerprint density at radius 1 is 1.12 bits per heavy atom. The minimum Gasteiger partial charge on any atom is -0.497 e. The van der Waals surface area contributed by atoms with Gasteiger partial charge in [-0.15, -0.1) is 0 Å². The Morgan fingerprint density at radius 2 is 1.73 bits per heavy atom. The number of hydrogen-bond acceptors (Lipinski definition) is 4. The molecule has 3 amide bonds. The van der Waals surface area contributed by atoms with Gasteiger partial charge in [0.1, 0.15) is 5.75 Å². The van der Waals surface area contributed by atoms with Crippen molar-refractivity contribution in [3.05, 3.63) is 42.0 Å². The number of nitrogens with one attached hydrogen (secondary N) is 1. The molecule has 3 rings (SSSR count). The molecule has 1 fully saturated rings. The average Bonchev–Trinajstić information content (AvgIpc) is 2.91. The van der Waals surface area contributed by atoms with Gasteiger partial charge in [-0.3, -0.25) is 19.3 Å². The van der Waals surface area contributed by atoms with Gasteiger partial charge in [-0.2, -0.15) is 0 Å². The molecule has 0 aromatic heterocycles. The van der Waals surface area contributed by atoms with E-state index in [1.165, 1.54) is 4.90 Å². The SMILES string of the molecule is COc1ccc(CCNC(=O)CCN2C(=O)[C@@H]3CC=CC[C@H]3C2=O)cc1. The molecule has 2 atom stereocenters.